The number of anilines is 1. The first kappa shape index (κ1) is 39.7. The Morgan fingerprint density at radius 2 is 1.48 bits per heavy atom. The highest BCUT2D eigenvalue weighted by Gasteiger charge is 2.76. The van der Waals surface area contributed by atoms with E-state index in [2.05, 4.69) is 6.58 Å². The number of para-hydroxylation sites is 2. The van der Waals surface area contributed by atoms with Gasteiger partial charge in [-0.15, -0.1) is 0 Å². The number of benzene rings is 5. The van der Waals surface area contributed by atoms with E-state index < -0.39 is 64.4 Å². The molecule has 1 spiro atoms. The molecule has 3 heterocycles. The number of rotatable bonds is 12. The molecule has 1 N–H and O–H groups in total. The zero-order chi connectivity index (χ0) is 42.0. The second kappa shape index (κ2) is 16.6. The number of aliphatic hydroxyl groups excluding tert-OH is 1. The van der Waals surface area contributed by atoms with Gasteiger partial charge in [0.25, 0.3) is 5.69 Å². The van der Waals surface area contributed by atoms with Crippen LogP contribution < -0.4 is 9.64 Å². The standard InChI is InChI=1S/C46H39N3O11/c1-2-26-58-42(51)37-39-43(52)60-40(31-15-7-4-8-16-31)38(30-13-5-3-6-14-30)48(39)41(33-17-9-12-20-36(33)57-27-25-50)46(37)34-18-10-11-19-35(34)47(44(46)53)45(54)59-28-29-21-23-32(24-22-29)49(55)56/h2-24,37-41,50H,1,25-28H2/t37-,38-,39-,40+,41+,46-/m0/s1. The number of ether oxygens (including phenoxy) is 4. The summed E-state index contributed by atoms with van der Waals surface area (Å²) in [5.74, 6) is -3.93. The van der Waals surface area contributed by atoms with Crippen LogP contribution in [0.1, 0.15) is 46.0 Å². The fourth-order valence-corrected chi connectivity index (χ4v) is 8.93. The van der Waals surface area contributed by atoms with Gasteiger partial charge in [-0.2, -0.15) is 0 Å². The minimum Gasteiger partial charge on any atom is -0.491 e. The number of non-ortho nitro benzene ring substituents is 1. The van der Waals surface area contributed by atoms with Crippen molar-refractivity contribution in [3.8, 4) is 5.75 Å². The Morgan fingerprint density at radius 1 is 0.833 bits per heavy atom. The molecule has 5 aromatic carbocycles. The highest BCUT2D eigenvalue weighted by Crippen LogP contribution is 2.66. The largest absolute Gasteiger partial charge is 0.491 e. The summed E-state index contributed by atoms with van der Waals surface area (Å²) in [5.41, 5.74) is 0.290. The second-order valence-corrected chi connectivity index (χ2v) is 14.4. The van der Waals surface area contributed by atoms with Crippen LogP contribution in [0.4, 0.5) is 16.2 Å². The van der Waals surface area contributed by atoms with E-state index in [1.54, 1.807) is 48.5 Å². The maximum absolute atomic E-state index is 16.0. The van der Waals surface area contributed by atoms with Crippen molar-refractivity contribution in [3.63, 3.8) is 0 Å². The van der Waals surface area contributed by atoms with Crippen molar-refractivity contribution < 1.29 is 48.2 Å². The Bertz CT molecular complexity index is 2450. The SMILES string of the molecule is C=CCOC(=O)[C@@H]1[C@H]2C(=O)O[C@H](c3ccccc3)[C@H](c3ccccc3)N2[C@H](c2ccccc2OCCO)[C@@]12C(=O)N(C(=O)OCc1ccc([N+](=O)[O-])cc1)c1ccccc12. The molecule has 0 bridgehead atoms. The highest BCUT2D eigenvalue weighted by atomic mass is 16.6. The van der Waals surface area contributed by atoms with Crippen molar-refractivity contribution in [1.29, 1.82) is 0 Å². The number of imide groups is 1. The van der Waals surface area contributed by atoms with Gasteiger partial charge in [0.05, 0.1) is 29.3 Å². The van der Waals surface area contributed by atoms with Crippen LogP contribution in [0.25, 0.3) is 0 Å². The molecule has 0 aliphatic carbocycles. The van der Waals surface area contributed by atoms with Gasteiger partial charge in [-0.05, 0) is 46.5 Å². The molecule has 0 unspecified atom stereocenters. The van der Waals surface area contributed by atoms with Gasteiger partial charge in [0, 0.05) is 17.7 Å². The van der Waals surface area contributed by atoms with E-state index in [9.17, 15) is 29.6 Å². The van der Waals surface area contributed by atoms with Gasteiger partial charge in [-0.3, -0.25) is 29.4 Å². The zero-order valence-electron chi connectivity index (χ0n) is 32.1. The maximum Gasteiger partial charge on any atom is 0.421 e. The Hall–Kier alpha value is -7.16. The van der Waals surface area contributed by atoms with Crippen molar-refractivity contribution in [1.82, 2.24) is 4.90 Å². The third-order valence-corrected chi connectivity index (χ3v) is 11.2. The van der Waals surface area contributed by atoms with Crippen LogP contribution in [0.2, 0.25) is 0 Å². The fourth-order valence-electron chi connectivity index (χ4n) is 8.93. The predicted molar refractivity (Wildman–Crippen MR) is 215 cm³/mol. The lowest BCUT2D eigenvalue weighted by Gasteiger charge is -2.46. The number of nitro benzene ring substituents is 1. The Balaban J connectivity index is 1.38. The van der Waals surface area contributed by atoms with E-state index in [0.717, 1.165) is 4.90 Å². The molecule has 3 aliphatic rings. The van der Waals surface area contributed by atoms with E-state index in [1.165, 1.54) is 30.3 Å². The number of nitrogens with zero attached hydrogens (tertiary/aromatic N) is 3. The molecule has 0 aromatic heterocycles. The molecule has 14 nitrogen and oxygen atoms in total. The van der Waals surface area contributed by atoms with Crippen molar-refractivity contribution in [2.24, 2.45) is 5.92 Å². The number of cyclic esters (lactones) is 1. The monoisotopic (exact) mass is 809 g/mol. The van der Waals surface area contributed by atoms with Crippen LogP contribution in [0.5, 0.6) is 5.75 Å². The van der Waals surface area contributed by atoms with E-state index in [-0.39, 0.29) is 49.1 Å². The molecule has 14 heteroatoms. The molecule has 8 rings (SSSR count). The lowest BCUT2D eigenvalue weighted by Crippen LogP contribution is -2.53. The molecule has 3 aliphatic heterocycles. The third-order valence-electron chi connectivity index (χ3n) is 11.2. The number of fused-ring (bicyclic) bond motifs is 3. The van der Waals surface area contributed by atoms with Crippen LogP contribution in [0.15, 0.2) is 146 Å². The van der Waals surface area contributed by atoms with Gasteiger partial charge in [0.2, 0.25) is 5.91 Å². The Kier molecular flexibility index (Phi) is 11.0. The summed E-state index contributed by atoms with van der Waals surface area (Å²) in [5, 5.41) is 21.1. The molecule has 2 fully saturated rings. The summed E-state index contributed by atoms with van der Waals surface area (Å²) >= 11 is 0. The topological polar surface area (TPSA) is 175 Å². The number of morpholine rings is 1. The normalized spacial score (nSPS) is 23.0. The first-order chi connectivity index (χ1) is 29.2. The molecule has 6 atom stereocenters. The Labute approximate surface area is 344 Å². The van der Waals surface area contributed by atoms with E-state index in [0.29, 0.717) is 22.3 Å². The van der Waals surface area contributed by atoms with Gasteiger partial charge in [-0.1, -0.05) is 110 Å². The number of carbonyl (C=O) groups is 4. The zero-order valence-corrected chi connectivity index (χ0v) is 32.1. The van der Waals surface area contributed by atoms with Crippen LogP contribution >= 0.6 is 0 Å². The van der Waals surface area contributed by atoms with E-state index in [4.69, 9.17) is 18.9 Å². The van der Waals surface area contributed by atoms with E-state index >= 15 is 4.79 Å². The fraction of sp³-hybridized carbons (Fsp3) is 0.217. The summed E-state index contributed by atoms with van der Waals surface area (Å²) in [7, 11) is 0. The summed E-state index contributed by atoms with van der Waals surface area (Å²) in [4.78, 5) is 73.6. The van der Waals surface area contributed by atoms with E-state index in [1.807, 2.05) is 65.6 Å². The molecule has 2 saturated heterocycles. The van der Waals surface area contributed by atoms with Gasteiger partial charge < -0.3 is 24.1 Å². The number of aliphatic hydroxyl groups is 1. The van der Waals surface area contributed by atoms with Gasteiger partial charge in [0.15, 0.2) is 0 Å². The minimum atomic E-state index is -2.08. The van der Waals surface area contributed by atoms with Gasteiger partial charge in [0.1, 0.15) is 49.0 Å². The number of carbonyl (C=O) groups excluding carboxylic acids is 4. The Morgan fingerprint density at radius 3 is 2.17 bits per heavy atom. The summed E-state index contributed by atoms with van der Waals surface area (Å²) in [6.45, 7) is 2.65. The summed E-state index contributed by atoms with van der Waals surface area (Å²) < 4.78 is 24.1. The average Bonchev–Trinajstić information content (AvgIpc) is 3.74. The van der Waals surface area contributed by atoms with Gasteiger partial charge >= 0.3 is 18.0 Å². The smallest absolute Gasteiger partial charge is 0.421 e. The van der Waals surface area contributed by atoms with Crippen LogP contribution in [-0.2, 0) is 40.6 Å². The first-order valence-electron chi connectivity index (χ1n) is 19.2. The lowest BCUT2D eigenvalue weighted by atomic mass is 9.65. The highest BCUT2D eigenvalue weighted by molar-refractivity contribution is 6.23. The molecule has 0 saturated carbocycles. The maximum atomic E-state index is 16.0. The first-order valence-corrected chi connectivity index (χ1v) is 19.2. The number of nitro groups is 1. The molecular weight excluding hydrogens is 771 g/mol. The number of esters is 2. The number of amides is 2. The van der Waals surface area contributed by atoms with Crippen molar-refractivity contribution in [2.45, 2.75) is 36.3 Å². The second-order valence-electron chi connectivity index (χ2n) is 14.4. The molecular formula is C46H39N3O11. The molecule has 0 radical (unpaired) electrons. The van der Waals surface area contributed by atoms with Crippen molar-refractivity contribution in [3.05, 3.63) is 184 Å². The van der Waals surface area contributed by atoms with Crippen molar-refractivity contribution >= 4 is 35.3 Å². The molecule has 304 valence electrons. The molecule has 5 aromatic rings. The third kappa shape index (κ3) is 6.65. The minimum absolute atomic E-state index is 0.112. The predicted octanol–water partition coefficient (Wildman–Crippen LogP) is 6.70. The van der Waals surface area contributed by atoms with Crippen LogP contribution in [0, 0.1) is 16.0 Å². The summed E-state index contributed by atoms with van der Waals surface area (Å²) in [6, 6.07) is 33.7. The van der Waals surface area contributed by atoms with Crippen LogP contribution in [0.3, 0.4) is 0 Å². The number of hydrogen-bond acceptors (Lipinski definition) is 12. The summed E-state index contributed by atoms with van der Waals surface area (Å²) in [6.07, 6.45) is -0.658. The number of hydrogen-bond donors (Lipinski definition) is 1. The quantitative estimate of drug-likeness (QED) is 0.0465. The molecule has 60 heavy (non-hydrogen) atoms. The van der Waals surface area contributed by atoms with Crippen molar-refractivity contribution in [2.75, 3.05) is 24.7 Å². The van der Waals surface area contributed by atoms with Gasteiger partial charge in [-0.25, -0.2) is 9.69 Å². The lowest BCUT2D eigenvalue weighted by molar-refractivity contribution is -0.384. The average molecular weight is 810 g/mol. The van der Waals surface area contributed by atoms with Crippen LogP contribution in [-0.4, -0.2) is 64.7 Å². The molecule has 2 amide bonds.